The first kappa shape index (κ1) is 9.98. The fourth-order valence-corrected chi connectivity index (χ4v) is 2.11. The van der Waals surface area contributed by atoms with Crippen molar-refractivity contribution >= 4 is 5.97 Å². The molecule has 1 aromatic rings. The highest BCUT2D eigenvalue weighted by Crippen LogP contribution is 2.39. The summed E-state index contributed by atoms with van der Waals surface area (Å²) in [5, 5.41) is 9.12. The molecule has 0 saturated carbocycles. The highest BCUT2D eigenvalue weighted by Gasteiger charge is 2.42. The van der Waals surface area contributed by atoms with Gasteiger partial charge in [-0.3, -0.25) is 0 Å². The van der Waals surface area contributed by atoms with Crippen LogP contribution in [0.2, 0.25) is 0 Å². The second kappa shape index (κ2) is 3.24. The Bertz CT molecular complexity index is 416. The lowest BCUT2D eigenvalue weighted by atomic mass is 9.93. The first-order chi connectivity index (χ1) is 7.09. The van der Waals surface area contributed by atoms with Crippen LogP contribution in [0.4, 0.5) is 0 Å². The summed E-state index contributed by atoms with van der Waals surface area (Å²) in [4.78, 5) is 11.1. The highest BCUT2D eigenvalue weighted by atomic mass is 16.5. The van der Waals surface area contributed by atoms with Crippen molar-refractivity contribution in [3.8, 4) is 5.75 Å². The van der Waals surface area contributed by atoms with Crippen LogP contribution in [0.25, 0.3) is 0 Å². The van der Waals surface area contributed by atoms with Gasteiger partial charge in [-0.05, 0) is 30.0 Å². The molecule has 0 heterocycles. The number of benzene rings is 1. The summed E-state index contributed by atoms with van der Waals surface area (Å²) < 4.78 is 5.18. The van der Waals surface area contributed by atoms with Gasteiger partial charge in [-0.2, -0.15) is 0 Å². The van der Waals surface area contributed by atoms with E-state index in [1.807, 2.05) is 6.07 Å². The van der Waals surface area contributed by atoms with Gasteiger partial charge < -0.3 is 15.6 Å². The van der Waals surface area contributed by atoms with Gasteiger partial charge in [0.25, 0.3) is 0 Å². The molecule has 3 N–H and O–H groups in total. The topological polar surface area (TPSA) is 72.5 Å². The molecule has 2 rings (SSSR count). The van der Waals surface area contributed by atoms with Gasteiger partial charge in [-0.15, -0.1) is 0 Å². The second-order valence-corrected chi connectivity index (χ2v) is 3.76. The maximum Gasteiger partial charge on any atom is 0.328 e. The number of carboxylic acid groups (broad SMARTS) is 1. The molecule has 1 aliphatic rings. The van der Waals surface area contributed by atoms with Crippen molar-refractivity contribution in [2.45, 2.75) is 18.4 Å². The Balaban J connectivity index is 2.57. The van der Waals surface area contributed by atoms with E-state index >= 15 is 0 Å². The monoisotopic (exact) mass is 207 g/mol. The first-order valence-corrected chi connectivity index (χ1v) is 4.78. The van der Waals surface area contributed by atoms with Crippen molar-refractivity contribution in [3.63, 3.8) is 0 Å². The number of hydrogen-bond donors (Lipinski definition) is 2. The smallest absolute Gasteiger partial charge is 0.328 e. The third-order valence-corrected chi connectivity index (χ3v) is 2.98. The maximum absolute atomic E-state index is 11.1. The summed E-state index contributed by atoms with van der Waals surface area (Å²) in [6.45, 7) is 0. The Morgan fingerprint density at radius 2 is 2.33 bits per heavy atom. The maximum atomic E-state index is 11.1. The number of methoxy groups -OCH3 is 1. The molecular formula is C11H13NO3. The van der Waals surface area contributed by atoms with Crippen molar-refractivity contribution in [1.82, 2.24) is 0 Å². The largest absolute Gasteiger partial charge is 0.496 e. The summed E-state index contributed by atoms with van der Waals surface area (Å²) in [5.41, 5.74) is 6.23. The van der Waals surface area contributed by atoms with Gasteiger partial charge in [0.1, 0.15) is 11.3 Å². The van der Waals surface area contributed by atoms with Crippen LogP contribution in [0.5, 0.6) is 5.75 Å². The number of hydrogen-bond acceptors (Lipinski definition) is 3. The van der Waals surface area contributed by atoms with Crippen LogP contribution in [-0.4, -0.2) is 18.2 Å². The minimum Gasteiger partial charge on any atom is -0.496 e. The summed E-state index contributed by atoms with van der Waals surface area (Å²) >= 11 is 0. The Morgan fingerprint density at radius 3 is 2.93 bits per heavy atom. The number of nitrogens with two attached hydrogens (primary N) is 1. The fraction of sp³-hybridized carbons (Fsp3) is 0.364. The molecule has 0 fully saturated rings. The quantitative estimate of drug-likeness (QED) is 0.755. The van der Waals surface area contributed by atoms with Gasteiger partial charge in [0.2, 0.25) is 0 Å². The van der Waals surface area contributed by atoms with Crippen LogP contribution < -0.4 is 10.5 Å². The van der Waals surface area contributed by atoms with E-state index in [1.165, 1.54) is 0 Å². The van der Waals surface area contributed by atoms with E-state index in [0.717, 1.165) is 11.3 Å². The lowest BCUT2D eigenvalue weighted by Gasteiger charge is -2.19. The standard InChI is InChI=1S/C11H13NO3/c1-15-9-4-2-3-8-7(9)5-6-11(8,12)10(13)14/h2-4H,5-6,12H2,1H3,(H,13,14)/t11-/m1/s1. The third kappa shape index (κ3) is 1.29. The summed E-state index contributed by atoms with van der Waals surface area (Å²) in [6.07, 6.45) is 1.08. The number of carboxylic acids is 1. The molecule has 0 spiro atoms. The lowest BCUT2D eigenvalue weighted by molar-refractivity contribution is -0.143. The van der Waals surface area contributed by atoms with Crippen molar-refractivity contribution in [2.75, 3.05) is 7.11 Å². The van der Waals surface area contributed by atoms with Gasteiger partial charge >= 0.3 is 5.97 Å². The van der Waals surface area contributed by atoms with Crippen LogP contribution in [0, 0.1) is 0 Å². The zero-order valence-electron chi connectivity index (χ0n) is 8.49. The normalized spacial score (nSPS) is 23.6. The molecule has 1 aromatic carbocycles. The summed E-state index contributed by atoms with van der Waals surface area (Å²) in [5.74, 6) is -0.254. The van der Waals surface area contributed by atoms with Crippen molar-refractivity contribution in [2.24, 2.45) is 5.73 Å². The van der Waals surface area contributed by atoms with E-state index in [2.05, 4.69) is 0 Å². The van der Waals surface area contributed by atoms with Crippen molar-refractivity contribution in [1.29, 1.82) is 0 Å². The molecule has 80 valence electrons. The lowest BCUT2D eigenvalue weighted by Crippen LogP contribution is -2.42. The number of rotatable bonds is 2. The van der Waals surface area contributed by atoms with Crippen LogP contribution >= 0.6 is 0 Å². The number of fused-ring (bicyclic) bond motifs is 1. The van der Waals surface area contributed by atoms with Crippen molar-refractivity contribution < 1.29 is 14.6 Å². The van der Waals surface area contributed by atoms with Gasteiger partial charge in [0.15, 0.2) is 0 Å². The minimum atomic E-state index is -1.25. The van der Waals surface area contributed by atoms with E-state index in [0.29, 0.717) is 18.4 Å². The predicted octanol–water partition coefficient (Wildman–Crippen LogP) is 0.880. The van der Waals surface area contributed by atoms with E-state index in [-0.39, 0.29) is 0 Å². The summed E-state index contributed by atoms with van der Waals surface area (Å²) in [7, 11) is 1.58. The summed E-state index contributed by atoms with van der Waals surface area (Å²) in [6, 6.07) is 5.36. The Kier molecular flexibility index (Phi) is 2.16. The Hall–Kier alpha value is -1.55. The van der Waals surface area contributed by atoms with E-state index < -0.39 is 11.5 Å². The molecule has 0 aliphatic heterocycles. The van der Waals surface area contributed by atoms with Gasteiger partial charge in [0.05, 0.1) is 7.11 Å². The van der Waals surface area contributed by atoms with Crippen molar-refractivity contribution in [3.05, 3.63) is 29.3 Å². The minimum absolute atomic E-state index is 0.429. The zero-order chi connectivity index (χ0) is 11.1. The predicted molar refractivity (Wildman–Crippen MR) is 54.8 cm³/mol. The van der Waals surface area contributed by atoms with Gasteiger partial charge in [0, 0.05) is 0 Å². The molecule has 1 aliphatic carbocycles. The van der Waals surface area contributed by atoms with Gasteiger partial charge in [-0.1, -0.05) is 12.1 Å². The fourth-order valence-electron chi connectivity index (χ4n) is 2.11. The molecule has 0 saturated heterocycles. The molecule has 0 unspecified atom stereocenters. The number of aliphatic carboxylic acids is 1. The van der Waals surface area contributed by atoms with Crippen LogP contribution in [-0.2, 0) is 16.8 Å². The van der Waals surface area contributed by atoms with Gasteiger partial charge in [-0.25, -0.2) is 4.79 Å². The first-order valence-electron chi connectivity index (χ1n) is 4.78. The van der Waals surface area contributed by atoms with Crippen LogP contribution in [0.3, 0.4) is 0 Å². The van der Waals surface area contributed by atoms with E-state index in [4.69, 9.17) is 15.6 Å². The highest BCUT2D eigenvalue weighted by molar-refractivity contribution is 5.82. The molecule has 4 heteroatoms. The SMILES string of the molecule is COc1cccc2c1CC[C@]2(N)C(=O)O. The molecule has 4 nitrogen and oxygen atoms in total. The van der Waals surface area contributed by atoms with E-state index in [1.54, 1.807) is 19.2 Å². The molecular weight excluding hydrogens is 194 g/mol. The Labute approximate surface area is 87.7 Å². The zero-order valence-corrected chi connectivity index (χ0v) is 8.49. The average molecular weight is 207 g/mol. The van der Waals surface area contributed by atoms with Crippen LogP contribution in [0.1, 0.15) is 17.5 Å². The third-order valence-electron chi connectivity index (χ3n) is 2.98. The molecule has 1 atom stereocenters. The Morgan fingerprint density at radius 1 is 1.60 bits per heavy atom. The number of ether oxygens (including phenoxy) is 1. The molecule has 0 bridgehead atoms. The average Bonchev–Trinajstić information content (AvgIpc) is 2.58. The molecule has 0 radical (unpaired) electrons. The molecule has 0 aromatic heterocycles. The second-order valence-electron chi connectivity index (χ2n) is 3.76. The molecule has 15 heavy (non-hydrogen) atoms. The van der Waals surface area contributed by atoms with E-state index in [9.17, 15) is 4.79 Å². The molecule has 0 amide bonds. The number of carbonyl (C=O) groups is 1. The van der Waals surface area contributed by atoms with Crippen LogP contribution in [0.15, 0.2) is 18.2 Å².